The summed E-state index contributed by atoms with van der Waals surface area (Å²) in [4.78, 5) is 18.8. The van der Waals surface area contributed by atoms with Gasteiger partial charge in [0.05, 0.1) is 19.3 Å². The lowest BCUT2D eigenvalue weighted by Crippen LogP contribution is -2.30. The molecule has 140 valence electrons. The van der Waals surface area contributed by atoms with Gasteiger partial charge in [0.15, 0.2) is 0 Å². The smallest absolute Gasteiger partial charge is 0.238 e. The number of nitrogens with zero attached hydrogens (tertiary/aromatic N) is 2. The van der Waals surface area contributed by atoms with Crippen LogP contribution in [0.25, 0.3) is 11.5 Å². The molecule has 0 saturated carbocycles. The number of likely N-dealkylation sites (N-methyl/N-ethyl adjacent to an activating group) is 1. The number of nitrogens with one attached hydrogen (secondary N) is 1. The van der Waals surface area contributed by atoms with E-state index in [1.165, 1.54) is 0 Å². The van der Waals surface area contributed by atoms with Crippen LogP contribution in [0.15, 0.2) is 59.0 Å². The summed E-state index contributed by atoms with van der Waals surface area (Å²) in [6.07, 6.45) is 0. The first-order chi connectivity index (χ1) is 13.0. The maximum atomic E-state index is 12.3. The van der Waals surface area contributed by atoms with Crippen molar-refractivity contribution in [2.24, 2.45) is 0 Å². The minimum absolute atomic E-state index is 0.102. The lowest BCUT2D eigenvalue weighted by molar-refractivity contribution is -0.117. The molecule has 0 atom stereocenters. The molecule has 3 rings (SSSR count). The highest BCUT2D eigenvalue weighted by atomic mass is 16.5. The minimum Gasteiger partial charge on any atom is -0.497 e. The van der Waals surface area contributed by atoms with E-state index in [2.05, 4.69) is 10.3 Å². The molecule has 1 heterocycles. The normalized spacial score (nSPS) is 10.8. The van der Waals surface area contributed by atoms with Gasteiger partial charge in [-0.15, -0.1) is 0 Å². The van der Waals surface area contributed by atoms with Crippen LogP contribution < -0.4 is 10.1 Å². The predicted molar refractivity (Wildman–Crippen MR) is 105 cm³/mol. The number of methoxy groups -OCH3 is 1. The van der Waals surface area contributed by atoms with Gasteiger partial charge in [-0.25, -0.2) is 4.98 Å². The third-order valence-electron chi connectivity index (χ3n) is 4.10. The first-order valence-corrected chi connectivity index (χ1v) is 8.69. The van der Waals surface area contributed by atoms with Crippen LogP contribution in [0, 0.1) is 6.92 Å². The summed E-state index contributed by atoms with van der Waals surface area (Å²) >= 11 is 0. The first kappa shape index (κ1) is 18.7. The largest absolute Gasteiger partial charge is 0.497 e. The van der Waals surface area contributed by atoms with E-state index in [-0.39, 0.29) is 12.5 Å². The molecule has 0 spiro atoms. The van der Waals surface area contributed by atoms with Crippen molar-refractivity contribution in [2.45, 2.75) is 13.5 Å². The lowest BCUT2D eigenvalue weighted by Gasteiger charge is -2.15. The highest BCUT2D eigenvalue weighted by molar-refractivity contribution is 5.92. The second kappa shape index (κ2) is 8.51. The molecule has 0 radical (unpaired) electrons. The summed E-state index contributed by atoms with van der Waals surface area (Å²) in [5.41, 5.74) is 2.47. The number of carbonyl (C=O) groups is 1. The number of hydrogen-bond donors (Lipinski definition) is 1. The number of rotatable bonds is 7. The van der Waals surface area contributed by atoms with E-state index in [9.17, 15) is 4.79 Å². The van der Waals surface area contributed by atoms with E-state index < -0.39 is 0 Å². The van der Waals surface area contributed by atoms with E-state index in [1.54, 1.807) is 13.2 Å². The average Bonchev–Trinajstić information content (AvgIpc) is 3.02. The summed E-state index contributed by atoms with van der Waals surface area (Å²) in [6, 6.07) is 17.0. The third-order valence-corrected chi connectivity index (χ3v) is 4.10. The van der Waals surface area contributed by atoms with Crippen LogP contribution >= 0.6 is 0 Å². The third kappa shape index (κ3) is 4.95. The monoisotopic (exact) mass is 365 g/mol. The topological polar surface area (TPSA) is 67.6 Å². The fraction of sp³-hybridized carbons (Fsp3) is 0.238. The van der Waals surface area contributed by atoms with Gasteiger partial charge >= 0.3 is 0 Å². The van der Waals surface area contributed by atoms with Gasteiger partial charge in [-0.2, -0.15) is 0 Å². The van der Waals surface area contributed by atoms with Gasteiger partial charge in [0, 0.05) is 23.9 Å². The standard InChI is InChI=1S/C21H23N3O3/c1-15-19(23-21(27-15)16-8-5-4-6-9-16)13-24(2)14-20(25)22-17-10-7-11-18(12-17)26-3/h4-12H,13-14H2,1-3H3,(H,22,25). The highest BCUT2D eigenvalue weighted by Gasteiger charge is 2.15. The number of oxazole rings is 1. The van der Waals surface area contributed by atoms with Gasteiger partial charge in [0.2, 0.25) is 11.8 Å². The number of anilines is 1. The Morgan fingerprint density at radius 3 is 2.70 bits per heavy atom. The van der Waals surface area contributed by atoms with Gasteiger partial charge in [-0.3, -0.25) is 9.69 Å². The maximum absolute atomic E-state index is 12.3. The van der Waals surface area contributed by atoms with Crippen LogP contribution in [0.1, 0.15) is 11.5 Å². The minimum atomic E-state index is -0.102. The zero-order valence-electron chi connectivity index (χ0n) is 15.7. The number of aromatic nitrogens is 1. The van der Waals surface area contributed by atoms with Crippen LogP contribution in [0.2, 0.25) is 0 Å². The van der Waals surface area contributed by atoms with E-state index in [1.807, 2.05) is 67.4 Å². The molecule has 0 aliphatic heterocycles. The van der Waals surface area contributed by atoms with Crippen LogP contribution in [-0.4, -0.2) is 36.5 Å². The van der Waals surface area contributed by atoms with Crippen molar-refractivity contribution in [1.82, 2.24) is 9.88 Å². The number of carbonyl (C=O) groups excluding carboxylic acids is 1. The molecule has 2 aromatic carbocycles. The summed E-state index contributed by atoms with van der Waals surface area (Å²) < 4.78 is 10.9. The van der Waals surface area contributed by atoms with Crippen molar-refractivity contribution in [3.63, 3.8) is 0 Å². The molecule has 0 unspecified atom stereocenters. The Labute approximate surface area is 158 Å². The lowest BCUT2D eigenvalue weighted by atomic mass is 10.2. The van der Waals surface area contributed by atoms with E-state index in [0.717, 1.165) is 17.0 Å². The van der Waals surface area contributed by atoms with Crippen molar-refractivity contribution in [3.05, 3.63) is 66.1 Å². The molecular formula is C21H23N3O3. The number of benzene rings is 2. The van der Waals surface area contributed by atoms with Gasteiger partial charge in [-0.1, -0.05) is 24.3 Å². The van der Waals surface area contributed by atoms with E-state index >= 15 is 0 Å². The van der Waals surface area contributed by atoms with Crippen LogP contribution in [0.5, 0.6) is 5.75 Å². The quantitative estimate of drug-likeness (QED) is 0.691. The first-order valence-electron chi connectivity index (χ1n) is 8.69. The predicted octanol–water partition coefficient (Wildman–Crippen LogP) is 3.73. The second-order valence-corrected chi connectivity index (χ2v) is 6.34. The Kier molecular flexibility index (Phi) is 5.88. The molecule has 6 heteroatoms. The highest BCUT2D eigenvalue weighted by Crippen LogP contribution is 2.22. The Bertz CT molecular complexity index is 906. The SMILES string of the molecule is COc1cccc(NC(=O)CN(C)Cc2nc(-c3ccccc3)oc2C)c1. The van der Waals surface area contributed by atoms with Crippen molar-refractivity contribution >= 4 is 11.6 Å². The molecule has 27 heavy (non-hydrogen) atoms. The summed E-state index contributed by atoms with van der Waals surface area (Å²) in [5.74, 6) is 1.95. The number of amides is 1. The van der Waals surface area contributed by atoms with E-state index in [4.69, 9.17) is 9.15 Å². The van der Waals surface area contributed by atoms with Crippen molar-refractivity contribution in [3.8, 4) is 17.2 Å². The Balaban J connectivity index is 1.59. The van der Waals surface area contributed by atoms with Gasteiger partial charge < -0.3 is 14.5 Å². The van der Waals surface area contributed by atoms with Crippen molar-refractivity contribution in [1.29, 1.82) is 0 Å². The van der Waals surface area contributed by atoms with Crippen molar-refractivity contribution < 1.29 is 13.9 Å². The van der Waals surface area contributed by atoms with Gasteiger partial charge in [0.1, 0.15) is 11.5 Å². The van der Waals surface area contributed by atoms with Gasteiger partial charge in [0.25, 0.3) is 0 Å². The fourth-order valence-electron chi connectivity index (χ4n) is 2.74. The van der Waals surface area contributed by atoms with Crippen LogP contribution in [0.3, 0.4) is 0 Å². The number of hydrogen-bond acceptors (Lipinski definition) is 5. The second-order valence-electron chi connectivity index (χ2n) is 6.34. The average molecular weight is 365 g/mol. The molecule has 0 bridgehead atoms. The van der Waals surface area contributed by atoms with Crippen molar-refractivity contribution in [2.75, 3.05) is 26.0 Å². The molecule has 0 aliphatic carbocycles. The Morgan fingerprint density at radius 2 is 1.96 bits per heavy atom. The zero-order chi connectivity index (χ0) is 19.2. The van der Waals surface area contributed by atoms with Crippen LogP contribution in [0.4, 0.5) is 5.69 Å². The molecule has 0 aliphatic rings. The zero-order valence-corrected chi connectivity index (χ0v) is 15.7. The molecule has 1 N–H and O–H groups in total. The van der Waals surface area contributed by atoms with E-state index in [0.29, 0.717) is 23.9 Å². The fourth-order valence-corrected chi connectivity index (χ4v) is 2.74. The summed E-state index contributed by atoms with van der Waals surface area (Å²) in [6.45, 7) is 2.65. The molecule has 3 aromatic rings. The van der Waals surface area contributed by atoms with Crippen LogP contribution in [-0.2, 0) is 11.3 Å². The Hall–Kier alpha value is -3.12. The Morgan fingerprint density at radius 1 is 1.19 bits per heavy atom. The van der Waals surface area contributed by atoms with Gasteiger partial charge in [-0.05, 0) is 38.2 Å². The maximum Gasteiger partial charge on any atom is 0.238 e. The molecule has 1 amide bonds. The molecule has 6 nitrogen and oxygen atoms in total. The molecular weight excluding hydrogens is 342 g/mol. The number of aryl methyl sites for hydroxylation is 1. The number of ether oxygens (including phenoxy) is 1. The molecule has 1 aromatic heterocycles. The summed E-state index contributed by atoms with van der Waals surface area (Å²) in [5, 5.41) is 2.87. The summed E-state index contributed by atoms with van der Waals surface area (Å²) in [7, 11) is 3.47. The molecule has 0 saturated heterocycles. The molecule has 0 fully saturated rings.